The second-order valence-electron chi connectivity index (χ2n) is 4.61. The predicted molar refractivity (Wildman–Crippen MR) is 71.5 cm³/mol. The van der Waals surface area contributed by atoms with E-state index in [4.69, 9.17) is 10.5 Å². The fraction of sp³-hybridized carbons (Fsp3) is 0.538. The quantitative estimate of drug-likeness (QED) is 0.781. The number of benzene rings is 1. The summed E-state index contributed by atoms with van der Waals surface area (Å²) in [7, 11) is 3.84. The maximum atomic E-state index is 5.93. The molecule has 0 aliphatic carbocycles. The van der Waals surface area contributed by atoms with Crippen molar-refractivity contribution in [3.63, 3.8) is 0 Å². The van der Waals surface area contributed by atoms with E-state index in [-0.39, 0.29) is 0 Å². The smallest absolute Gasteiger partial charge is 0.121 e. The zero-order chi connectivity index (χ0) is 12.3. The van der Waals surface area contributed by atoms with Gasteiger partial charge in [-0.25, -0.2) is 0 Å². The van der Waals surface area contributed by atoms with Gasteiger partial charge in [0.25, 0.3) is 0 Å². The number of hydrogen-bond acceptors (Lipinski definition) is 4. The molecule has 94 valence electrons. The zero-order valence-corrected chi connectivity index (χ0v) is 10.6. The molecule has 0 aromatic heterocycles. The van der Waals surface area contributed by atoms with Crippen molar-refractivity contribution in [2.45, 2.75) is 18.9 Å². The molecule has 1 saturated heterocycles. The third kappa shape index (κ3) is 2.82. The number of rotatable bonds is 4. The first kappa shape index (κ1) is 12.0. The van der Waals surface area contributed by atoms with Gasteiger partial charge in [-0.3, -0.25) is 0 Å². The van der Waals surface area contributed by atoms with Gasteiger partial charge in [-0.05, 0) is 38.6 Å². The maximum absolute atomic E-state index is 5.93. The number of likely N-dealkylation sites (tertiary alicyclic amines) is 1. The number of likely N-dealkylation sites (N-methyl/N-ethyl adjacent to an activating group) is 1. The topological polar surface area (TPSA) is 50.5 Å². The first-order chi connectivity index (χ1) is 8.20. The summed E-state index contributed by atoms with van der Waals surface area (Å²) >= 11 is 0. The summed E-state index contributed by atoms with van der Waals surface area (Å²) in [5.41, 5.74) is 7.66. The molecule has 1 aromatic rings. The minimum absolute atomic E-state index is 0.612. The first-order valence-corrected chi connectivity index (χ1v) is 6.08. The fourth-order valence-electron chi connectivity index (χ4n) is 2.28. The van der Waals surface area contributed by atoms with E-state index in [9.17, 15) is 0 Å². The van der Waals surface area contributed by atoms with Crippen molar-refractivity contribution in [1.29, 1.82) is 0 Å². The van der Waals surface area contributed by atoms with Gasteiger partial charge in [-0.15, -0.1) is 0 Å². The van der Waals surface area contributed by atoms with Gasteiger partial charge in [0.15, 0.2) is 0 Å². The monoisotopic (exact) mass is 235 g/mol. The van der Waals surface area contributed by atoms with Gasteiger partial charge in [-0.1, -0.05) is 0 Å². The highest BCUT2D eigenvalue weighted by molar-refractivity contribution is 5.68. The molecular formula is C13H21N3O. The summed E-state index contributed by atoms with van der Waals surface area (Å²) in [5, 5.41) is 3.41. The van der Waals surface area contributed by atoms with E-state index < -0.39 is 0 Å². The van der Waals surface area contributed by atoms with Crippen molar-refractivity contribution >= 4 is 11.4 Å². The van der Waals surface area contributed by atoms with Gasteiger partial charge in [0.05, 0.1) is 18.5 Å². The van der Waals surface area contributed by atoms with Crippen molar-refractivity contribution in [2.24, 2.45) is 0 Å². The molecule has 1 atom stereocenters. The van der Waals surface area contributed by atoms with E-state index in [2.05, 4.69) is 17.3 Å². The number of hydrogen-bond donors (Lipinski definition) is 2. The Labute approximate surface area is 103 Å². The Hall–Kier alpha value is -1.42. The Morgan fingerprint density at radius 2 is 2.35 bits per heavy atom. The summed E-state index contributed by atoms with van der Waals surface area (Å²) in [5.74, 6) is 0.835. The molecule has 0 radical (unpaired) electrons. The summed E-state index contributed by atoms with van der Waals surface area (Å²) in [6.07, 6.45) is 2.55. The Balaban J connectivity index is 1.98. The highest BCUT2D eigenvalue weighted by Gasteiger charge is 2.20. The number of nitrogens with two attached hydrogens (primary N) is 1. The lowest BCUT2D eigenvalue weighted by atomic mass is 10.2. The van der Waals surface area contributed by atoms with E-state index in [1.165, 1.54) is 19.4 Å². The molecule has 1 aliphatic heterocycles. The van der Waals surface area contributed by atoms with E-state index in [1.807, 2.05) is 18.2 Å². The lowest BCUT2D eigenvalue weighted by Crippen LogP contribution is -2.31. The minimum atomic E-state index is 0.612. The molecule has 1 heterocycles. The lowest BCUT2D eigenvalue weighted by molar-refractivity contribution is 0.322. The molecule has 0 amide bonds. The molecule has 1 fully saturated rings. The van der Waals surface area contributed by atoms with Crippen LogP contribution in [0, 0.1) is 0 Å². The standard InChI is InChI=1S/C13H21N3O/c1-16-7-3-4-10(16)9-15-13-8-11(17-2)5-6-12(13)14/h5-6,8,10,15H,3-4,7,9,14H2,1-2H3. The van der Waals surface area contributed by atoms with Crippen LogP contribution in [-0.4, -0.2) is 38.2 Å². The summed E-state index contributed by atoms with van der Waals surface area (Å²) in [6, 6.07) is 6.31. The molecule has 17 heavy (non-hydrogen) atoms. The number of anilines is 2. The first-order valence-electron chi connectivity index (χ1n) is 6.08. The second kappa shape index (κ2) is 5.27. The van der Waals surface area contributed by atoms with Gasteiger partial charge in [-0.2, -0.15) is 0 Å². The van der Waals surface area contributed by atoms with Gasteiger partial charge in [0.1, 0.15) is 5.75 Å². The normalized spacial score (nSPS) is 20.5. The molecule has 0 spiro atoms. The highest BCUT2D eigenvalue weighted by atomic mass is 16.5. The number of ether oxygens (including phenoxy) is 1. The van der Waals surface area contributed by atoms with Gasteiger partial charge in [0, 0.05) is 18.7 Å². The second-order valence-corrected chi connectivity index (χ2v) is 4.61. The third-order valence-corrected chi connectivity index (χ3v) is 3.46. The molecule has 1 aliphatic rings. The van der Waals surface area contributed by atoms with E-state index in [0.717, 1.165) is 23.7 Å². The molecule has 1 aromatic carbocycles. The Bertz CT molecular complexity index is 381. The molecular weight excluding hydrogens is 214 g/mol. The number of nitrogens with zero attached hydrogens (tertiary/aromatic N) is 1. The lowest BCUT2D eigenvalue weighted by Gasteiger charge is -2.21. The van der Waals surface area contributed by atoms with Crippen LogP contribution in [-0.2, 0) is 0 Å². The SMILES string of the molecule is COc1ccc(N)c(NCC2CCCN2C)c1. The maximum Gasteiger partial charge on any atom is 0.121 e. The Morgan fingerprint density at radius 3 is 3.00 bits per heavy atom. The van der Waals surface area contributed by atoms with Crippen LogP contribution >= 0.6 is 0 Å². The Kier molecular flexibility index (Phi) is 3.74. The van der Waals surface area contributed by atoms with Crippen molar-refractivity contribution in [1.82, 2.24) is 4.90 Å². The van der Waals surface area contributed by atoms with Crippen LogP contribution in [0.4, 0.5) is 11.4 Å². The number of nitrogen functional groups attached to an aromatic ring is 1. The van der Waals surface area contributed by atoms with Crippen molar-refractivity contribution in [3.05, 3.63) is 18.2 Å². The van der Waals surface area contributed by atoms with Crippen molar-refractivity contribution in [2.75, 3.05) is 38.3 Å². The highest BCUT2D eigenvalue weighted by Crippen LogP contribution is 2.25. The summed E-state index contributed by atoms with van der Waals surface area (Å²) in [4.78, 5) is 2.39. The number of nitrogens with one attached hydrogen (secondary N) is 1. The van der Waals surface area contributed by atoms with Crippen LogP contribution in [0.2, 0.25) is 0 Å². The van der Waals surface area contributed by atoms with E-state index >= 15 is 0 Å². The van der Waals surface area contributed by atoms with Crippen LogP contribution in [0.15, 0.2) is 18.2 Å². The summed E-state index contributed by atoms with van der Waals surface area (Å²) < 4.78 is 5.20. The van der Waals surface area contributed by atoms with Crippen molar-refractivity contribution < 1.29 is 4.74 Å². The van der Waals surface area contributed by atoms with Crippen LogP contribution in [0.25, 0.3) is 0 Å². The third-order valence-electron chi connectivity index (χ3n) is 3.46. The molecule has 4 heteroatoms. The van der Waals surface area contributed by atoms with Crippen LogP contribution in [0.3, 0.4) is 0 Å². The van der Waals surface area contributed by atoms with E-state index in [1.54, 1.807) is 7.11 Å². The van der Waals surface area contributed by atoms with Crippen molar-refractivity contribution in [3.8, 4) is 5.75 Å². The molecule has 4 nitrogen and oxygen atoms in total. The average Bonchev–Trinajstić information content (AvgIpc) is 2.74. The largest absolute Gasteiger partial charge is 0.497 e. The average molecular weight is 235 g/mol. The predicted octanol–water partition coefficient (Wildman–Crippen LogP) is 1.78. The van der Waals surface area contributed by atoms with Gasteiger partial charge in [0.2, 0.25) is 0 Å². The molecule has 0 bridgehead atoms. The van der Waals surface area contributed by atoms with Gasteiger partial charge >= 0.3 is 0 Å². The van der Waals surface area contributed by atoms with Crippen LogP contribution in [0.5, 0.6) is 5.75 Å². The molecule has 0 saturated carbocycles. The Morgan fingerprint density at radius 1 is 1.53 bits per heavy atom. The summed E-state index contributed by atoms with van der Waals surface area (Å²) in [6.45, 7) is 2.13. The number of methoxy groups -OCH3 is 1. The molecule has 2 rings (SSSR count). The van der Waals surface area contributed by atoms with E-state index in [0.29, 0.717) is 6.04 Å². The van der Waals surface area contributed by atoms with Crippen LogP contribution < -0.4 is 15.8 Å². The van der Waals surface area contributed by atoms with Crippen LogP contribution in [0.1, 0.15) is 12.8 Å². The molecule has 1 unspecified atom stereocenters. The minimum Gasteiger partial charge on any atom is -0.497 e. The fourth-order valence-corrected chi connectivity index (χ4v) is 2.28. The zero-order valence-electron chi connectivity index (χ0n) is 10.6. The van der Waals surface area contributed by atoms with Gasteiger partial charge < -0.3 is 20.7 Å². The molecule has 3 N–H and O–H groups in total.